The number of sulfonamides is 1. The highest BCUT2D eigenvalue weighted by atomic mass is 32.2. The maximum Gasteiger partial charge on any atom is 0.331 e. The van der Waals surface area contributed by atoms with E-state index in [1.165, 1.54) is 18.2 Å². The van der Waals surface area contributed by atoms with E-state index in [0.717, 1.165) is 17.7 Å². The third kappa shape index (κ3) is 5.40. The number of ether oxygens (including phenoxy) is 1. The predicted molar refractivity (Wildman–Crippen MR) is 109 cm³/mol. The van der Waals surface area contributed by atoms with Gasteiger partial charge in [-0.15, -0.1) is 0 Å². The zero-order chi connectivity index (χ0) is 22.9. The average Bonchev–Trinajstić information content (AvgIpc) is 3.33. The molecule has 1 aromatic carbocycles. The highest BCUT2D eigenvalue weighted by molar-refractivity contribution is 7.89. The number of rotatable bonds is 10. The number of urea groups is 1. The van der Waals surface area contributed by atoms with Crippen LogP contribution in [0.2, 0.25) is 0 Å². The van der Waals surface area contributed by atoms with Crippen LogP contribution in [0.4, 0.5) is 15.1 Å². The molecule has 2 N–H and O–H groups in total. The Balaban J connectivity index is 1.33. The summed E-state index contributed by atoms with van der Waals surface area (Å²) in [6.45, 7) is 1.85. The molecule has 13 heteroatoms. The van der Waals surface area contributed by atoms with Crippen molar-refractivity contribution in [2.24, 2.45) is 5.92 Å². The third-order valence-electron chi connectivity index (χ3n) is 5.06. The lowest BCUT2D eigenvalue weighted by atomic mass is 10.1. The van der Waals surface area contributed by atoms with Gasteiger partial charge in [-0.3, -0.25) is 10.1 Å². The number of carbonyl (C=O) groups excluding carboxylic acids is 2. The zero-order valence-electron chi connectivity index (χ0n) is 17.2. The van der Waals surface area contributed by atoms with E-state index in [9.17, 15) is 22.4 Å². The van der Waals surface area contributed by atoms with Gasteiger partial charge < -0.3 is 9.26 Å². The van der Waals surface area contributed by atoms with Crippen molar-refractivity contribution < 1.29 is 31.7 Å². The molecule has 2 aliphatic rings. The Kier molecular flexibility index (Phi) is 6.11. The van der Waals surface area contributed by atoms with E-state index in [4.69, 9.17) is 9.26 Å². The van der Waals surface area contributed by atoms with Gasteiger partial charge in [0.05, 0.1) is 12.4 Å². The molecule has 11 nitrogen and oxygen atoms in total. The van der Waals surface area contributed by atoms with Crippen molar-refractivity contribution in [1.82, 2.24) is 20.2 Å². The number of halogens is 1. The first-order valence-corrected chi connectivity index (χ1v) is 11.7. The normalized spacial score (nSPS) is 17.5. The number of imide groups is 1. The van der Waals surface area contributed by atoms with Crippen molar-refractivity contribution in [3.05, 3.63) is 35.5 Å². The van der Waals surface area contributed by atoms with Crippen LogP contribution >= 0.6 is 0 Å². The second-order valence-corrected chi connectivity index (χ2v) is 9.65. The smallest absolute Gasteiger partial charge is 0.331 e. The molecule has 2 fully saturated rings. The summed E-state index contributed by atoms with van der Waals surface area (Å²) in [4.78, 5) is 27.8. The fraction of sp³-hybridized carbons (Fsp3) is 0.474. The summed E-state index contributed by atoms with van der Waals surface area (Å²) >= 11 is 0. The van der Waals surface area contributed by atoms with Crippen molar-refractivity contribution >= 4 is 27.9 Å². The number of carbonyl (C=O) groups is 2. The van der Waals surface area contributed by atoms with Crippen molar-refractivity contribution in [1.29, 1.82) is 0 Å². The molecular formula is C19H22FN5O6S. The number of hydrogen-bond donors (Lipinski definition) is 2. The van der Waals surface area contributed by atoms with Crippen LogP contribution in [0.15, 0.2) is 22.7 Å². The van der Waals surface area contributed by atoms with E-state index < -0.39 is 33.8 Å². The maximum atomic E-state index is 14.0. The molecule has 3 amide bonds. The molecule has 1 saturated heterocycles. The number of nitrogens with one attached hydrogen (secondary N) is 2. The van der Waals surface area contributed by atoms with Crippen molar-refractivity contribution in [2.75, 3.05) is 23.8 Å². The molecule has 1 aromatic heterocycles. The van der Waals surface area contributed by atoms with E-state index in [-0.39, 0.29) is 36.3 Å². The van der Waals surface area contributed by atoms with Gasteiger partial charge in [-0.25, -0.2) is 27.2 Å². The number of nitrogens with zero attached hydrogens (tertiary/aromatic N) is 3. The Hall–Kier alpha value is -3.06. The molecule has 2 aromatic rings. The van der Waals surface area contributed by atoms with Crippen molar-refractivity contribution in [3.8, 4) is 5.75 Å². The summed E-state index contributed by atoms with van der Waals surface area (Å²) in [6.07, 6.45) is 2.04. The first kappa shape index (κ1) is 22.1. The van der Waals surface area contributed by atoms with Crippen LogP contribution in [0, 0.1) is 11.7 Å². The standard InChI is InChI=1S/C19H22FN5O6S/c1-11(13-4-5-14(20)15(8-13)30-10-12-2-3-12)24-32(28,29)7-6-17-22-18(23-31-17)25-9-16(26)21-19(25)27/h4-5,8,11-12,24H,2-3,6-7,9-10H2,1H3,(H,21,26,27)/t11-/m1/s1. The minimum atomic E-state index is -3.75. The molecule has 0 spiro atoms. The van der Waals surface area contributed by atoms with Crippen molar-refractivity contribution in [3.63, 3.8) is 0 Å². The lowest BCUT2D eigenvalue weighted by Gasteiger charge is -2.16. The number of amides is 3. The zero-order valence-corrected chi connectivity index (χ0v) is 18.0. The molecule has 0 unspecified atom stereocenters. The Labute approximate surface area is 183 Å². The van der Waals surface area contributed by atoms with Gasteiger partial charge in [0.2, 0.25) is 21.8 Å². The van der Waals surface area contributed by atoms with E-state index in [1.807, 2.05) is 0 Å². The Morgan fingerprint density at radius 2 is 2.16 bits per heavy atom. The van der Waals surface area contributed by atoms with Crippen LogP contribution in [0.1, 0.15) is 37.3 Å². The van der Waals surface area contributed by atoms with Gasteiger partial charge in [0.1, 0.15) is 6.54 Å². The SMILES string of the molecule is C[C@@H](NS(=O)(=O)CCc1nc(N2CC(=O)NC2=O)no1)c1ccc(F)c(OCC2CC2)c1. The Morgan fingerprint density at radius 1 is 1.38 bits per heavy atom. The summed E-state index contributed by atoms with van der Waals surface area (Å²) in [6, 6.07) is 2.95. The quantitative estimate of drug-likeness (QED) is 0.497. The lowest BCUT2D eigenvalue weighted by molar-refractivity contribution is -0.117. The van der Waals surface area contributed by atoms with E-state index in [0.29, 0.717) is 18.1 Å². The number of aromatic nitrogens is 2. The minimum Gasteiger partial charge on any atom is -0.490 e. The average molecular weight is 467 g/mol. The predicted octanol–water partition coefficient (Wildman–Crippen LogP) is 1.28. The third-order valence-corrected chi connectivity index (χ3v) is 6.51. The topological polar surface area (TPSA) is 144 Å². The summed E-state index contributed by atoms with van der Waals surface area (Å²) in [5, 5.41) is 5.69. The van der Waals surface area contributed by atoms with Crippen LogP contribution in [-0.2, 0) is 21.2 Å². The monoisotopic (exact) mass is 467 g/mol. The Bertz CT molecular complexity index is 1130. The lowest BCUT2D eigenvalue weighted by Crippen LogP contribution is -2.30. The summed E-state index contributed by atoms with van der Waals surface area (Å²) in [5.74, 6) is -0.900. The first-order valence-electron chi connectivity index (χ1n) is 10.1. The van der Waals surface area contributed by atoms with Gasteiger partial charge in [0, 0.05) is 12.5 Å². The molecule has 172 valence electrons. The van der Waals surface area contributed by atoms with E-state index in [1.54, 1.807) is 6.92 Å². The highest BCUT2D eigenvalue weighted by Gasteiger charge is 2.31. The summed E-state index contributed by atoms with van der Waals surface area (Å²) < 4.78 is 52.0. The van der Waals surface area contributed by atoms with E-state index in [2.05, 4.69) is 20.2 Å². The fourth-order valence-electron chi connectivity index (χ4n) is 3.07. The largest absolute Gasteiger partial charge is 0.490 e. The highest BCUT2D eigenvalue weighted by Crippen LogP contribution is 2.31. The van der Waals surface area contributed by atoms with Crippen LogP contribution < -0.4 is 19.7 Å². The number of benzene rings is 1. The van der Waals surface area contributed by atoms with Gasteiger partial charge in [0.15, 0.2) is 11.6 Å². The molecule has 1 saturated carbocycles. The van der Waals surface area contributed by atoms with E-state index >= 15 is 0 Å². The molecule has 0 bridgehead atoms. The van der Waals surface area contributed by atoms with Gasteiger partial charge >= 0.3 is 6.03 Å². The van der Waals surface area contributed by atoms with Gasteiger partial charge in [-0.05, 0) is 48.5 Å². The van der Waals surface area contributed by atoms with Crippen molar-refractivity contribution in [2.45, 2.75) is 32.2 Å². The van der Waals surface area contributed by atoms with Crippen LogP contribution in [-0.4, -0.2) is 49.4 Å². The van der Waals surface area contributed by atoms with Gasteiger partial charge in [-0.2, -0.15) is 4.98 Å². The van der Waals surface area contributed by atoms with Crippen LogP contribution in [0.25, 0.3) is 0 Å². The molecule has 1 atom stereocenters. The number of anilines is 1. The fourth-order valence-corrected chi connectivity index (χ4v) is 4.31. The summed E-state index contributed by atoms with van der Waals surface area (Å²) in [7, 11) is -3.75. The van der Waals surface area contributed by atoms with Crippen LogP contribution in [0.3, 0.4) is 0 Å². The summed E-state index contributed by atoms with van der Waals surface area (Å²) in [5.41, 5.74) is 0.561. The first-order chi connectivity index (χ1) is 15.2. The molecule has 1 aliphatic carbocycles. The maximum absolute atomic E-state index is 14.0. The van der Waals surface area contributed by atoms with Gasteiger partial charge in [-0.1, -0.05) is 6.07 Å². The molecule has 1 aliphatic heterocycles. The van der Waals surface area contributed by atoms with Crippen LogP contribution in [0.5, 0.6) is 5.75 Å². The number of hydrogen-bond acceptors (Lipinski definition) is 8. The van der Waals surface area contributed by atoms with Gasteiger partial charge in [0.25, 0.3) is 5.95 Å². The second kappa shape index (κ2) is 8.82. The molecule has 0 radical (unpaired) electrons. The molecule has 4 rings (SSSR count). The number of aryl methyl sites for hydroxylation is 1. The molecular weight excluding hydrogens is 445 g/mol. The molecule has 32 heavy (non-hydrogen) atoms. The minimum absolute atomic E-state index is 0.00252. The Morgan fingerprint density at radius 3 is 2.84 bits per heavy atom. The molecule has 2 heterocycles. The second-order valence-electron chi connectivity index (χ2n) is 7.78.